The number of nitrogens with zero attached hydrogens (tertiary/aromatic N) is 2. The third-order valence-corrected chi connectivity index (χ3v) is 2.55. The number of rotatable bonds is 8. The lowest BCUT2D eigenvalue weighted by Crippen LogP contribution is -2.26. The molecule has 1 amide bonds. The molecule has 0 saturated heterocycles. The topological polar surface area (TPSA) is 92.9 Å². The number of aromatic nitrogens is 2. The minimum atomic E-state index is 0.0663. The van der Waals surface area contributed by atoms with Gasteiger partial charge in [-0.15, -0.1) is 0 Å². The number of nitrogens with one attached hydrogen (secondary N) is 2. The Bertz CT molecular complexity index is 388. The lowest BCUT2D eigenvalue weighted by molar-refractivity contribution is -0.121. The summed E-state index contributed by atoms with van der Waals surface area (Å²) in [6.07, 6.45) is 2.08. The van der Waals surface area contributed by atoms with E-state index < -0.39 is 0 Å². The SMILES string of the molecule is Cc1cc(C)nc(NCCCC(=O)NCCCN)n1. The summed E-state index contributed by atoms with van der Waals surface area (Å²) in [6, 6.07) is 1.93. The van der Waals surface area contributed by atoms with E-state index in [1.54, 1.807) is 0 Å². The van der Waals surface area contributed by atoms with Gasteiger partial charge in [-0.2, -0.15) is 0 Å². The predicted molar refractivity (Wildman–Crippen MR) is 75.9 cm³/mol. The smallest absolute Gasteiger partial charge is 0.223 e. The first-order chi connectivity index (χ1) is 9.11. The normalized spacial score (nSPS) is 10.3. The van der Waals surface area contributed by atoms with Gasteiger partial charge in [0.25, 0.3) is 0 Å². The highest BCUT2D eigenvalue weighted by Gasteiger charge is 2.01. The third kappa shape index (κ3) is 6.71. The minimum absolute atomic E-state index is 0.0663. The van der Waals surface area contributed by atoms with Crippen LogP contribution >= 0.6 is 0 Å². The zero-order valence-corrected chi connectivity index (χ0v) is 11.7. The van der Waals surface area contributed by atoms with E-state index in [9.17, 15) is 4.79 Å². The van der Waals surface area contributed by atoms with E-state index in [4.69, 9.17) is 5.73 Å². The maximum Gasteiger partial charge on any atom is 0.223 e. The molecule has 0 unspecified atom stereocenters. The fraction of sp³-hybridized carbons (Fsp3) is 0.615. The maximum atomic E-state index is 11.4. The van der Waals surface area contributed by atoms with Crippen LogP contribution in [0.2, 0.25) is 0 Å². The van der Waals surface area contributed by atoms with Crippen molar-refractivity contribution in [2.75, 3.05) is 25.0 Å². The van der Waals surface area contributed by atoms with Crippen LogP contribution in [-0.2, 0) is 4.79 Å². The average Bonchev–Trinajstić information content (AvgIpc) is 2.34. The van der Waals surface area contributed by atoms with Gasteiger partial charge in [0, 0.05) is 30.9 Å². The fourth-order valence-corrected chi connectivity index (χ4v) is 1.67. The number of hydrogen-bond donors (Lipinski definition) is 3. The predicted octanol–water partition coefficient (Wildman–Crippen LogP) is 0.751. The summed E-state index contributed by atoms with van der Waals surface area (Å²) >= 11 is 0. The lowest BCUT2D eigenvalue weighted by Gasteiger charge is -2.07. The number of aryl methyl sites for hydroxylation is 2. The van der Waals surface area contributed by atoms with Gasteiger partial charge >= 0.3 is 0 Å². The molecular formula is C13H23N5O. The highest BCUT2D eigenvalue weighted by Crippen LogP contribution is 2.03. The van der Waals surface area contributed by atoms with Gasteiger partial charge in [-0.25, -0.2) is 9.97 Å². The highest BCUT2D eigenvalue weighted by molar-refractivity contribution is 5.75. The molecule has 4 N–H and O–H groups in total. The van der Waals surface area contributed by atoms with Crippen molar-refractivity contribution in [1.29, 1.82) is 0 Å². The van der Waals surface area contributed by atoms with Crippen molar-refractivity contribution in [2.24, 2.45) is 5.73 Å². The molecule has 6 nitrogen and oxygen atoms in total. The first kappa shape index (κ1) is 15.4. The second kappa shape index (κ2) is 8.42. The van der Waals surface area contributed by atoms with Crippen molar-refractivity contribution in [1.82, 2.24) is 15.3 Å². The number of amides is 1. The molecule has 0 fully saturated rings. The Kier molecular flexibility index (Phi) is 6.81. The van der Waals surface area contributed by atoms with Gasteiger partial charge in [0.05, 0.1) is 0 Å². The third-order valence-electron chi connectivity index (χ3n) is 2.55. The van der Waals surface area contributed by atoms with Crippen LogP contribution in [0.5, 0.6) is 0 Å². The van der Waals surface area contributed by atoms with E-state index >= 15 is 0 Å². The van der Waals surface area contributed by atoms with Gasteiger partial charge in [0.1, 0.15) is 0 Å². The van der Waals surface area contributed by atoms with Crippen molar-refractivity contribution < 1.29 is 4.79 Å². The molecule has 1 rings (SSSR count). The molecule has 0 aromatic carbocycles. The van der Waals surface area contributed by atoms with E-state index in [-0.39, 0.29) is 5.91 Å². The van der Waals surface area contributed by atoms with Crippen LogP contribution in [0.4, 0.5) is 5.95 Å². The van der Waals surface area contributed by atoms with E-state index in [1.165, 1.54) is 0 Å². The van der Waals surface area contributed by atoms with E-state index in [0.717, 1.165) is 24.2 Å². The quantitative estimate of drug-likeness (QED) is 0.603. The van der Waals surface area contributed by atoms with E-state index in [0.29, 0.717) is 32.0 Å². The second-order valence-electron chi connectivity index (χ2n) is 4.50. The van der Waals surface area contributed by atoms with Crippen LogP contribution in [0.15, 0.2) is 6.07 Å². The Morgan fingerprint density at radius 2 is 1.89 bits per heavy atom. The summed E-state index contributed by atoms with van der Waals surface area (Å²) in [7, 11) is 0. The summed E-state index contributed by atoms with van der Waals surface area (Å²) in [5, 5.41) is 5.95. The van der Waals surface area contributed by atoms with Gasteiger partial charge in [0.2, 0.25) is 11.9 Å². The van der Waals surface area contributed by atoms with Crippen molar-refractivity contribution in [3.05, 3.63) is 17.5 Å². The second-order valence-corrected chi connectivity index (χ2v) is 4.50. The molecule has 0 aliphatic heterocycles. The van der Waals surface area contributed by atoms with Gasteiger partial charge in [-0.05, 0) is 39.3 Å². The fourth-order valence-electron chi connectivity index (χ4n) is 1.67. The summed E-state index contributed by atoms with van der Waals surface area (Å²) in [4.78, 5) is 20.0. The van der Waals surface area contributed by atoms with Crippen molar-refractivity contribution >= 4 is 11.9 Å². The van der Waals surface area contributed by atoms with E-state index in [1.807, 2.05) is 19.9 Å². The van der Waals surface area contributed by atoms with Crippen molar-refractivity contribution in [3.63, 3.8) is 0 Å². The lowest BCUT2D eigenvalue weighted by atomic mass is 10.3. The van der Waals surface area contributed by atoms with Crippen LogP contribution in [0.3, 0.4) is 0 Å². The van der Waals surface area contributed by atoms with Crippen molar-refractivity contribution in [3.8, 4) is 0 Å². The Labute approximate surface area is 114 Å². The number of nitrogens with two attached hydrogens (primary N) is 1. The molecule has 1 heterocycles. The van der Waals surface area contributed by atoms with Crippen molar-refractivity contribution in [2.45, 2.75) is 33.1 Å². The molecule has 0 atom stereocenters. The van der Waals surface area contributed by atoms with Crippen LogP contribution in [0.1, 0.15) is 30.7 Å². The van der Waals surface area contributed by atoms with Crippen LogP contribution in [-0.4, -0.2) is 35.5 Å². The van der Waals surface area contributed by atoms with E-state index in [2.05, 4.69) is 20.6 Å². The molecule has 0 aliphatic rings. The van der Waals surface area contributed by atoms with Gasteiger partial charge in [-0.1, -0.05) is 0 Å². The Hall–Kier alpha value is -1.69. The molecule has 0 aliphatic carbocycles. The van der Waals surface area contributed by atoms with Gasteiger partial charge in [-0.3, -0.25) is 4.79 Å². The number of anilines is 1. The molecule has 106 valence electrons. The molecule has 0 saturated carbocycles. The molecule has 1 aromatic rings. The molecule has 0 radical (unpaired) electrons. The number of hydrogen-bond acceptors (Lipinski definition) is 5. The van der Waals surface area contributed by atoms with Gasteiger partial charge in [0.15, 0.2) is 0 Å². The summed E-state index contributed by atoms with van der Waals surface area (Å²) in [6.45, 7) is 5.82. The van der Waals surface area contributed by atoms with Crippen LogP contribution < -0.4 is 16.4 Å². The number of carbonyl (C=O) groups excluding carboxylic acids is 1. The average molecular weight is 265 g/mol. The van der Waals surface area contributed by atoms with Crippen LogP contribution in [0, 0.1) is 13.8 Å². The Morgan fingerprint density at radius 1 is 1.21 bits per heavy atom. The Balaban J connectivity index is 2.18. The number of carbonyl (C=O) groups is 1. The largest absolute Gasteiger partial charge is 0.356 e. The molecule has 0 bridgehead atoms. The zero-order valence-electron chi connectivity index (χ0n) is 11.7. The molecular weight excluding hydrogens is 242 g/mol. The first-order valence-electron chi connectivity index (χ1n) is 6.64. The highest BCUT2D eigenvalue weighted by atomic mass is 16.1. The minimum Gasteiger partial charge on any atom is -0.356 e. The molecule has 6 heteroatoms. The Morgan fingerprint density at radius 3 is 2.53 bits per heavy atom. The first-order valence-corrected chi connectivity index (χ1v) is 6.64. The summed E-state index contributed by atoms with van der Waals surface area (Å²) in [5.74, 6) is 0.692. The maximum absolute atomic E-state index is 11.4. The molecule has 0 spiro atoms. The molecule has 19 heavy (non-hydrogen) atoms. The monoisotopic (exact) mass is 265 g/mol. The standard InChI is InChI=1S/C13H23N5O/c1-10-9-11(2)18-13(17-10)16-7-3-5-12(19)15-8-4-6-14/h9H,3-8,14H2,1-2H3,(H,15,19)(H,16,17,18). The van der Waals surface area contributed by atoms with Gasteiger partial charge < -0.3 is 16.4 Å². The summed E-state index contributed by atoms with van der Waals surface area (Å²) < 4.78 is 0. The van der Waals surface area contributed by atoms with Crippen LogP contribution in [0.25, 0.3) is 0 Å². The zero-order chi connectivity index (χ0) is 14.1. The molecule has 1 aromatic heterocycles. The summed E-state index contributed by atoms with van der Waals surface area (Å²) in [5.41, 5.74) is 7.23.